The molecule has 0 spiro atoms. The van der Waals surface area contributed by atoms with Gasteiger partial charge in [-0.2, -0.15) is 0 Å². The molecule has 1 atom stereocenters. The molecular formula is C11H24N4O. The number of piperazine rings is 1. The lowest BCUT2D eigenvalue weighted by molar-refractivity contribution is -0.132. The molecule has 0 aromatic carbocycles. The largest absolute Gasteiger partial charge is 0.344 e. The fourth-order valence-corrected chi connectivity index (χ4v) is 1.83. The molecule has 1 saturated heterocycles. The maximum absolute atomic E-state index is 12.0. The van der Waals surface area contributed by atoms with Crippen LogP contribution in [0.15, 0.2) is 0 Å². The first kappa shape index (κ1) is 13.4. The van der Waals surface area contributed by atoms with Crippen molar-refractivity contribution < 1.29 is 4.79 Å². The van der Waals surface area contributed by atoms with E-state index in [0.29, 0.717) is 0 Å². The van der Waals surface area contributed by atoms with Crippen LogP contribution in [-0.2, 0) is 4.79 Å². The molecular weight excluding hydrogens is 204 g/mol. The van der Waals surface area contributed by atoms with E-state index in [4.69, 9.17) is 0 Å². The van der Waals surface area contributed by atoms with Crippen LogP contribution in [0.1, 0.15) is 6.42 Å². The Morgan fingerprint density at radius 2 is 2.00 bits per heavy atom. The van der Waals surface area contributed by atoms with Gasteiger partial charge in [-0.15, -0.1) is 0 Å². The van der Waals surface area contributed by atoms with Crippen LogP contribution in [-0.4, -0.2) is 75.6 Å². The Morgan fingerprint density at radius 1 is 1.25 bits per heavy atom. The van der Waals surface area contributed by atoms with Crippen molar-refractivity contribution in [1.29, 1.82) is 0 Å². The SMILES string of the molecule is CN(C)CCCN(C)C(=O)C1CNCCN1. The highest BCUT2D eigenvalue weighted by atomic mass is 16.2. The van der Waals surface area contributed by atoms with Crippen LogP contribution in [0.3, 0.4) is 0 Å². The van der Waals surface area contributed by atoms with Crippen molar-refractivity contribution in [3.8, 4) is 0 Å². The van der Waals surface area contributed by atoms with E-state index in [1.807, 2.05) is 11.9 Å². The van der Waals surface area contributed by atoms with Gasteiger partial charge in [0.05, 0.1) is 6.04 Å². The quantitative estimate of drug-likeness (QED) is 0.631. The van der Waals surface area contributed by atoms with Crippen molar-refractivity contribution in [2.24, 2.45) is 0 Å². The predicted molar refractivity (Wildman–Crippen MR) is 65.5 cm³/mol. The smallest absolute Gasteiger partial charge is 0.240 e. The standard InChI is InChI=1S/C11H24N4O/c1-14(2)7-4-8-15(3)11(16)10-9-12-5-6-13-10/h10,12-13H,4-9H2,1-3H3. The Bertz CT molecular complexity index is 214. The highest BCUT2D eigenvalue weighted by Crippen LogP contribution is 1.97. The van der Waals surface area contributed by atoms with Crippen molar-refractivity contribution >= 4 is 5.91 Å². The van der Waals surface area contributed by atoms with Crippen molar-refractivity contribution in [3.63, 3.8) is 0 Å². The van der Waals surface area contributed by atoms with Crippen LogP contribution in [0.5, 0.6) is 0 Å². The molecule has 1 aliphatic rings. The molecule has 16 heavy (non-hydrogen) atoms. The minimum absolute atomic E-state index is 0.0434. The summed E-state index contributed by atoms with van der Waals surface area (Å²) in [5.74, 6) is 0.200. The summed E-state index contributed by atoms with van der Waals surface area (Å²) in [5, 5.41) is 6.46. The second-order valence-electron chi connectivity index (χ2n) is 4.63. The first-order chi connectivity index (χ1) is 7.61. The normalized spacial score (nSPS) is 21.1. The third-order valence-electron chi connectivity index (χ3n) is 2.81. The monoisotopic (exact) mass is 228 g/mol. The lowest BCUT2D eigenvalue weighted by Gasteiger charge is -2.28. The fraction of sp³-hybridized carbons (Fsp3) is 0.909. The number of hydrogen-bond acceptors (Lipinski definition) is 4. The lowest BCUT2D eigenvalue weighted by Crippen LogP contribution is -2.56. The van der Waals surface area contributed by atoms with Gasteiger partial charge in [-0.05, 0) is 27.1 Å². The number of carbonyl (C=O) groups excluding carboxylic acids is 1. The van der Waals surface area contributed by atoms with Crippen molar-refractivity contribution in [3.05, 3.63) is 0 Å². The van der Waals surface area contributed by atoms with Crippen LogP contribution in [0.4, 0.5) is 0 Å². The highest BCUT2D eigenvalue weighted by molar-refractivity contribution is 5.82. The third-order valence-corrected chi connectivity index (χ3v) is 2.81. The predicted octanol–water partition coefficient (Wildman–Crippen LogP) is -1.04. The minimum atomic E-state index is -0.0434. The second-order valence-corrected chi connectivity index (χ2v) is 4.63. The van der Waals surface area contributed by atoms with E-state index in [9.17, 15) is 4.79 Å². The number of nitrogens with zero attached hydrogens (tertiary/aromatic N) is 2. The summed E-state index contributed by atoms with van der Waals surface area (Å²) in [4.78, 5) is 15.9. The zero-order valence-corrected chi connectivity index (χ0v) is 10.6. The first-order valence-corrected chi connectivity index (χ1v) is 5.95. The minimum Gasteiger partial charge on any atom is -0.344 e. The summed E-state index contributed by atoms with van der Waals surface area (Å²) in [6.45, 7) is 4.43. The van der Waals surface area contributed by atoms with Gasteiger partial charge < -0.3 is 20.4 Å². The molecule has 1 unspecified atom stereocenters. The molecule has 1 fully saturated rings. The zero-order chi connectivity index (χ0) is 12.0. The Balaban J connectivity index is 2.23. The van der Waals surface area contributed by atoms with Gasteiger partial charge in [0, 0.05) is 33.2 Å². The summed E-state index contributed by atoms with van der Waals surface area (Å²) in [5.41, 5.74) is 0. The molecule has 0 saturated carbocycles. The van der Waals surface area contributed by atoms with E-state index in [-0.39, 0.29) is 11.9 Å². The molecule has 5 heteroatoms. The van der Waals surface area contributed by atoms with E-state index >= 15 is 0 Å². The first-order valence-electron chi connectivity index (χ1n) is 5.95. The van der Waals surface area contributed by atoms with Gasteiger partial charge in [0.1, 0.15) is 0 Å². The molecule has 1 aliphatic heterocycles. The summed E-state index contributed by atoms with van der Waals surface area (Å²) < 4.78 is 0. The number of likely N-dealkylation sites (N-methyl/N-ethyl adjacent to an activating group) is 1. The van der Waals surface area contributed by atoms with E-state index in [0.717, 1.165) is 39.1 Å². The molecule has 0 bridgehead atoms. The van der Waals surface area contributed by atoms with Crippen molar-refractivity contribution in [2.45, 2.75) is 12.5 Å². The number of nitrogens with one attached hydrogen (secondary N) is 2. The van der Waals surface area contributed by atoms with Crippen molar-refractivity contribution in [1.82, 2.24) is 20.4 Å². The average molecular weight is 228 g/mol. The number of hydrogen-bond donors (Lipinski definition) is 2. The van der Waals surface area contributed by atoms with Gasteiger partial charge in [-0.3, -0.25) is 4.79 Å². The Hall–Kier alpha value is -0.650. The Kier molecular flexibility index (Phi) is 5.73. The number of rotatable bonds is 5. The summed E-state index contributed by atoms with van der Waals surface area (Å²) >= 11 is 0. The van der Waals surface area contributed by atoms with Gasteiger partial charge >= 0.3 is 0 Å². The molecule has 0 aromatic heterocycles. The van der Waals surface area contributed by atoms with Crippen LogP contribution < -0.4 is 10.6 Å². The molecule has 94 valence electrons. The van der Waals surface area contributed by atoms with Gasteiger partial charge in [0.25, 0.3) is 0 Å². The van der Waals surface area contributed by atoms with E-state index in [1.165, 1.54) is 0 Å². The topological polar surface area (TPSA) is 47.6 Å². The van der Waals surface area contributed by atoms with Gasteiger partial charge in [-0.1, -0.05) is 0 Å². The zero-order valence-electron chi connectivity index (χ0n) is 10.6. The van der Waals surface area contributed by atoms with Crippen LogP contribution in [0.2, 0.25) is 0 Å². The Morgan fingerprint density at radius 3 is 2.56 bits per heavy atom. The van der Waals surface area contributed by atoms with E-state index < -0.39 is 0 Å². The molecule has 1 heterocycles. The molecule has 1 amide bonds. The number of carbonyl (C=O) groups is 1. The number of amides is 1. The maximum Gasteiger partial charge on any atom is 0.240 e. The van der Waals surface area contributed by atoms with Gasteiger partial charge in [0.15, 0.2) is 0 Å². The highest BCUT2D eigenvalue weighted by Gasteiger charge is 2.22. The molecule has 0 radical (unpaired) electrons. The second kappa shape index (κ2) is 6.83. The third kappa shape index (κ3) is 4.47. The maximum atomic E-state index is 12.0. The summed E-state index contributed by atoms with van der Waals surface area (Å²) in [6.07, 6.45) is 1.02. The van der Waals surface area contributed by atoms with Gasteiger partial charge in [-0.25, -0.2) is 0 Å². The van der Waals surface area contributed by atoms with Gasteiger partial charge in [0.2, 0.25) is 5.91 Å². The lowest BCUT2D eigenvalue weighted by atomic mass is 10.2. The van der Waals surface area contributed by atoms with Crippen LogP contribution in [0.25, 0.3) is 0 Å². The molecule has 0 aromatic rings. The molecule has 5 nitrogen and oxygen atoms in total. The van der Waals surface area contributed by atoms with E-state index in [1.54, 1.807) is 0 Å². The van der Waals surface area contributed by atoms with Crippen LogP contribution >= 0.6 is 0 Å². The van der Waals surface area contributed by atoms with Crippen molar-refractivity contribution in [2.75, 3.05) is 53.9 Å². The molecule has 2 N–H and O–H groups in total. The summed E-state index contributed by atoms with van der Waals surface area (Å²) in [6, 6.07) is -0.0434. The van der Waals surface area contributed by atoms with E-state index in [2.05, 4.69) is 29.6 Å². The molecule has 0 aliphatic carbocycles. The fourth-order valence-electron chi connectivity index (χ4n) is 1.83. The Labute approximate surface area is 98.2 Å². The van der Waals surface area contributed by atoms with Crippen LogP contribution in [0, 0.1) is 0 Å². The molecule has 1 rings (SSSR count). The average Bonchev–Trinajstić information content (AvgIpc) is 2.28. The summed E-state index contributed by atoms with van der Waals surface area (Å²) in [7, 11) is 5.98.